The molecule has 218 valence electrons. The molecule has 5 nitrogen and oxygen atoms in total. The normalized spacial score (nSPS) is 25.2. The van der Waals surface area contributed by atoms with Crippen LogP contribution in [0.2, 0.25) is 0 Å². The number of ether oxygens (including phenoxy) is 1. The molecule has 2 aliphatic carbocycles. The van der Waals surface area contributed by atoms with Gasteiger partial charge in [0.25, 0.3) is 0 Å². The Morgan fingerprint density at radius 3 is 1.27 bits per heavy atom. The zero-order valence-corrected chi connectivity index (χ0v) is 24.6. The number of nitrogens with zero attached hydrogens (tertiary/aromatic N) is 1. The molecule has 3 aliphatic rings. The lowest BCUT2D eigenvalue weighted by Crippen LogP contribution is -2.45. The molecule has 8 rings (SSSR count). The van der Waals surface area contributed by atoms with Crippen molar-refractivity contribution in [3.05, 3.63) is 168 Å². The number of anilines is 1. The Morgan fingerprint density at radius 1 is 0.511 bits per heavy atom. The van der Waals surface area contributed by atoms with Gasteiger partial charge < -0.3 is 4.74 Å². The highest BCUT2D eigenvalue weighted by atomic mass is 16.5. The topological polar surface area (TPSA) is 63.7 Å². The first-order valence-corrected chi connectivity index (χ1v) is 15.1. The highest BCUT2D eigenvalue weighted by Crippen LogP contribution is 2.74. The quantitative estimate of drug-likeness (QED) is 0.203. The van der Waals surface area contributed by atoms with Crippen LogP contribution in [-0.4, -0.2) is 24.7 Å². The van der Waals surface area contributed by atoms with Crippen molar-refractivity contribution in [2.24, 2.45) is 11.8 Å². The van der Waals surface area contributed by atoms with Crippen LogP contribution in [0.3, 0.4) is 0 Å². The van der Waals surface area contributed by atoms with E-state index in [1.165, 1.54) is 4.90 Å². The first kappa shape index (κ1) is 27.0. The van der Waals surface area contributed by atoms with E-state index in [0.717, 1.165) is 22.3 Å². The number of carbonyl (C=O) groups excluding carboxylic acids is 3. The molecule has 0 radical (unpaired) electrons. The molecular formula is C40H29NO4. The summed E-state index contributed by atoms with van der Waals surface area (Å²) in [6.45, 7) is 0. The van der Waals surface area contributed by atoms with Crippen molar-refractivity contribution in [2.75, 3.05) is 12.0 Å². The predicted octanol–water partition coefficient (Wildman–Crippen LogP) is 6.88. The second-order valence-electron chi connectivity index (χ2n) is 11.8. The zero-order valence-electron chi connectivity index (χ0n) is 24.6. The van der Waals surface area contributed by atoms with Gasteiger partial charge in [0.2, 0.25) is 11.8 Å². The molecule has 0 spiro atoms. The lowest BCUT2D eigenvalue weighted by atomic mass is 9.59. The molecule has 1 saturated heterocycles. The SMILES string of the molecule is COc1ccc(N2C(=O)[C@@H]3[C@@H](C2=O)[C@@]2(c4ccccc4)C(=O)[C@@]3(c3ccccc3)C(c3ccccc3)=C2c2ccccc2)cc1. The van der Waals surface area contributed by atoms with Crippen molar-refractivity contribution >= 4 is 34.4 Å². The fraction of sp³-hybridized carbons (Fsp3) is 0.125. The monoisotopic (exact) mass is 587 g/mol. The van der Waals surface area contributed by atoms with Crippen molar-refractivity contribution in [3.8, 4) is 5.75 Å². The number of rotatable bonds is 6. The number of Topliss-reactive ketones (excluding diaryl/α,β-unsaturated/α-hetero) is 1. The lowest BCUT2D eigenvalue weighted by molar-refractivity contribution is -0.130. The fourth-order valence-corrected chi connectivity index (χ4v) is 8.32. The van der Waals surface area contributed by atoms with Gasteiger partial charge in [-0.3, -0.25) is 14.4 Å². The number of ketones is 1. The van der Waals surface area contributed by atoms with Crippen LogP contribution in [0.4, 0.5) is 5.69 Å². The summed E-state index contributed by atoms with van der Waals surface area (Å²) in [5.41, 5.74) is 2.34. The minimum Gasteiger partial charge on any atom is -0.497 e. The molecule has 2 amide bonds. The number of methoxy groups -OCH3 is 1. The van der Waals surface area contributed by atoms with Gasteiger partial charge in [-0.1, -0.05) is 121 Å². The fourth-order valence-electron chi connectivity index (χ4n) is 8.32. The van der Waals surface area contributed by atoms with Crippen LogP contribution in [0, 0.1) is 11.8 Å². The van der Waals surface area contributed by atoms with Gasteiger partial charge in [0.05, 0.1) is 35.5 Å². The molecule has 4 atom stereocenters. The first-order valence-electron chi connectivity index (χ1n) is 15.1. The van der Waals surface area contributed by atoms with E-state index in [4.69, 9.17) is 4.74 Å². The van der Waals surface area contributed by atoms with Crippen molar-refractivity contribution in [1.82, 2.24) is 0 Å². The third-order valence-electron chi connectivity index (χ3n) is 9.91. The molecular weight excluding hydrogens is 558 g/mol. The smallest absolute Gasteiger partial charge is 0.239 e. The van der Waals surface area contributed by atoms with Crippen LogP contribution in [0.5, 0.6) is 5.75 Å². The third-order valence-corrected chi connectivity index (χ3v) is 9.91. The molecule has 0 aromatic heterocycles. The van der Waals surface area contributed by atoms with Crippen LogP contribution >= 0.6 is 0 Å². The highest BCUT2D eigenvalue weighted by Gasteiger charge is 2.82. The summed E-state index contributed by atoms with van der Waals surface area (Å²) < 4.78 is 5.35. The number of benzene rings is 5. The van der Waals surface area contributed by atoms with Crippen molar-refractivity contribution in [2.45, 2.75) is 10.8 Å². The Morgan fingerprint density at radius 2 is 0.889 bits per heavy atom. The number of imide groups is 1. The minimum absolute atomic E-state index is 0.129. The Bertz CT molecular complexity index is 1870. The molecule has 1 heterocycles. The summed E-state index contributed by atoms with van der Waals surface area (Å²) in [4.78, 5) is 47.0. The van der Waals surface area contributed by atoms with Crippen LogP contribution in [0.1, 0.15) is 22.3 Å². The van der Waals surface area contributed by atoms with Gasteiger partial charge in [0, 0.05) is 0 Å². The van der Waals surface area contributed by atoms with Crippen molar-refractivity contribution in [3.63, 3.8) is 0 Å². The van der Waals surface area contributed by atoms with Gasteiger partial charge in [0.1, 0.15) is 5.75 Å². The van der Waals surface area contributed by atoms with Crippen LogP contribution in [-0.2, 0) is 25.2 Å². The maximum atomic E-state index is 15.8. The van der Waals surface area contributed by atoms with E-state index in [1.54, 1.807) is 31.4 Å². The Hall–Kier alpha value is -5.55. The van der Waals surface area contributed by atoms with E-state index in [1.807, 2.05) is 121 Å². The second kappa shape index (κ2) is 10.00. The van der Waals surface area contributed by atoms with Crippen molar-refractivity contribution < 1.29 is 19.1 Å². The molecule has 45 heavy (non-hydrogen) atoms. The van der Waals surface area contributed by atoms with E-state index in [9.17, 15) is 9.59 Å². The predicted molar refractivity (Wildman–Crippen MR) is 173 cm³/mol. The van der Waals surface area contributed by atoms with Gasteiger partial charge in [-0.25, -0.2) is 4.90 Å². The molecule has 1 aliphatic heterocycles. The number of hydrogen-bond acceptors (Lipinski definition) is 4. The van der Waals surface area contributed by atoms with Crippen LogP contribution in [0.15, 0.2) is 146 Å². The van der Waals surface area contributed by atoms with E-state index in [-0.39, 0.29) is 17.6 Å². The largest absolute Gasteiger partial charge is 0.497 e. The average molecular weight is 588 g/mol. The molecule has 2 bridgehead atoms. The summed E-state index contributed by atoms with van der Waals surface area (Å²) in [5, 5.41) is 0. The molecule has 2 fully saturated rings. The standard InChI is InChI=1S/C40H29NO4/c1-45-31-24-22-30(23-25-31)41-36(42)34-35(37(41)43)40(29-20-12-5-13-21-29)33(27-16-8-3-9-17-27)32(26-14-6-2-7-15-26)39(34,38(40)44)28-18-10-4-11-19-28/h2-25,34-35H,1H3/t34-,35-,39-,40-/m0/s1. The van der Waals surface area contributed by atoms with Gasteiger partial charge in [0.15, 0.2) is 5.78 Å². The highest BCUT2D eigenvalue weighted by molar-refractivity contribution is 6.39. The molecule has 5 aromatic rings. The van der Waals surface area contributed by atoms with E-state index < -0.39 is 22.7 Å². The molecule has 0 unspecified atom stereocenters. The van der Waals surface area contributed by atoms with Gasteiger partial charge in [-0.2, -0.15) is 0 Å². The molecule has 1 saturated carbocycles. The molecule has 5 aromatic carbocycles. The third kappa shape index (κ3) is 3.41. The summed E-state index contributed by atoms with van der Waals surface area (Å²) in [6, 6.07) is 45.8. The summed E-state index contributed by atoms with van der Waals surface area (Å²) in [7, 11) is 1.57. The summed E-state index contributed by atoms with van der Waals surface area (Å²) >= 11 is 0. The van der Waals surface area contributed by atoms with Crippen molar-refractivity contribution in [1.29, 1.82) is 0 Å². The van der Waals surface area contributed by atoms with Crippen LogP contribution < -0.4 is 9.64 Å². The van der Waals surface area contributed by atoms with E-state index >= 15 is 4.79 Å². The summed E-state index contributed by atoms with van der Waals surface area (Å²) in [6.07, 6.45) is 0. The van der Waals surface area contributed by atoms with Gasteiger partial charge in [-0.15, -0.1) is 0 Å². The number of carbonyl (C=O) groups is 3. The summed E-state index contributed by atoms with van der Waals surface area (Å²) in [5.74, 6) is -2.16. The zero-order chi connectivity index (χ0) is 30.8. The lowest BCUT2D eigenvalue weighted by Gasteiger charge is -2.39. The Labute approximate surface area is 261 Å². The van der Waals surface area contributed by atoms with Gasteiger partial charge >= 0.3 is 0 Å². The second-order valence-corrected chi connectivity index (χ2v) is 11.8. The maximum Gasteiger partial charge on any atom is 0.239 e. The number of allylic oxidation sites excluding steroid dienone is 2. The number of hydrogen-bond donors (Lipinski definition) is 0. The number of fused-ring (bicyclic) bond motifs is 5. The minimum atomic E-state index is -1.41. The van der Waals surface area contributed by atoms with E-state index in [0.29, 0.717) is 22.6 Å². The first-order chi connectivity index (χ1) is 22.1. The van der Waals surface area contributed by atoms with Crippen LogP contribution in [0.25, 0.3) is 11.1 Å². The Balaban J connectivity index is 1.53. The Kier molecular flexibility index (Phi) is 6.00. The van der Waals surface area contributed by atoms with Gasteiger partial charge in [-0.05, 0) is 57.7 Å². The number of amides is 2. The molecule has 5 heteroatoms. The molecule has 0 N–H and O–H groups in total. The van der Waals surface area contributed by atoms with E-state index in [2.05, 4.69) is 0 Å². The average Bonchev–Trinajstić information content (AvgIpc) is 3.62. The maximum absolute atomic E-state index is 15.8.